The second-order valence-electron chi connectivity index (χ2n) is 4.98. The minimum Gasteiger partial charge on any atom is -0.301 e. The van der Waals surface area contributed by atoms with E-state index in [1.807, 2.05) is 37.3 Å². The second-order valence-corrected chi connectivity index (χ2v) is 5.98. The van der Waals surface area contributed by atoms with Gasteiger partial charge in [0.25, 0.3) is 0 Å². The quantitative estimate of drug-likeness (QED) is 0.695. The van der Waals surface area contributed by atoms with E-state index in [1.165, 1.54) is 11.3 Å². The van der Waals surface area contributed by atoms with Crippen molar-refractivity contribution >= 4 is 22.4 Å². The third kappa shape index (κ3) is 2.78. The Kier molecular flexibility index (Phi) is 3.42. The van der Waals surface area contributed by atoms with Crippen molar-refractivity contribution in [1.82, 2.24) is 4.98 Å². The topological polar surface area (TPSA) is 85.1 Å². The lowest BCUT2D eigenvalue weighted by atomic mass is 10.2. The van der Waals surface area contributed by atoms with Gasteiger partial charge in [-0.25, -0.2) is 4.98 Å². The minimum absolute atomic E-state index is 0.314. The van der Waals surface area contributed by atoms with Gasteiger partial charge in [-0.05, 0) is 12.5 Å². The molecule has 108 valence electrons. The fraction of sp³-hybridized carbons (Fsp3) is 0.286. The molecule has 1 heterocycles. The van der Waals surface area contributed by atoms with Crippen LogP contribution >= 0.6 is 11.3 Å². The molecule has 6 nitrogen and oxygen atoms in total. The van der Waals surface area contributed by atoms with E-state index in [9.17, 15) is 14.9 Å². The molecule has 7 heteroatoms. The molecule has 0 bridgehead atoms. The summed E-state index contributed by atoms with van der Waals surface area (Å²) in [6.45, 7) is 1.88. The molecule has 0 radical (unpaired) electrons. The molecule has 1 fully saturated rings. The number of aryl methyl sites for hydroxylation is 1. The van der Waals surface area contributed by atoms with Gasteiger partial charge in [0.15, 0.2) is 5.13 Å². The van der Waals surface area contributed by atoms with Crippen molar-refractivity contribution < 1.29 is 9.72 Å². The van der Waals surface area contributed by atoms with Crippen LogP contribution in [0.1, 0.15) is 12.1 Å². The first-order valence-electron chi connectivity index (χ1n) is 6.53. The molecule has 1 amide bonds. The van der Waals surface area contributed by atoms with Crippen molar-refractivity contribution in [3.05, 3.63) is 46.1 Å². The summed E-state index contributed by atoms with van der Waals surface area (Å²) in [4.78, 5) is 27.4. The number of rotatable bonds is 4. The number of carbonyl (C=O) groups excluding carboxylic acids is 1. The van der Waals surface area contributed by atoms with Gasteiger partial charge in [0.1, 0.15) is 5.92 Å². The first-order valence-corrected chi connectivity index (χ1v) is 7.35. The lowest BCUT2D eigenvalue weighted by molar-refractivity contribution is -0.497. The SMILES string of the molecule is Cc1nc(NC(=O)C2CC2[N+](=O)[O-])sc1-c1ccccc1. The highest BCUT2D eigenvalue weighted by molar-refractivity contribution is 7.19. The number of aromatic nitrogens is 1. The Labute approximate surface area is 125 Å². The maximum atomic E-state index is 11.9. The molecular weight excluding hydrogens is 290 g/mol. The van der Waals surface area contributed by atoms with Crippen LogP contribution < -0.4 is 5.32 Å². The van der Waals surface area contributed by atoms with Crippen molar-refractivity contribution in [2.24, 2.45) is 5.92 Å². The molecule has 0 saturated heterocycles. The monoisotopic (exact) mass is 303 g/mol. The van der Waals surface area contributed by atoms with E-state index < -0.39 is 16.9 Å². The van der Waals surface area contributed by atoms with Gasteiger partial charge in [0.05, 0.1) is 10.6 Å². The van der Waals surface area contributed by atoms with Crippen molar-refractivity contribution in [3.8, 4) is 10.4 Å². The number of carbonyl (C=O) groups is 1. The zero-order valence-corrected chi connectivity index (χ0v) is 12.1. The van der Waals surface area contributed by atoms with Crippen LogP contribution in [0.3, 0.4) is 0 Å². The lowest BCUT2D eigenvalue weighted by Gasteiger charge is -1.98. The zero-order valence-electron chi connectivity index (χ0n) is 11.3. The van der Waals surface area contributed by atoms with Crippen LogP contribution in [0.2, 0.25) is 0 Å². The van der Waals surface area contributed by atoms with Crippen molar-refractivity contribution in [2.45, 2.75) is 19.4 Å². The molecular formula is C14H13N3O3S. The average molecular weight is 303 g/mol. The number of benzene rings is 1. The highest BCUT2D eigenvalue weighted by atomic mass is 32.1. The third-order valence-electron chi connectivity index (χ3n) is 3.43. The summed E-state index contributed by atoms with van der Waals surface area (Å²) < 4.78 is 0. The number of hydrogen-bond acceptors (Lipinski definition) is 5. The van der Waals surface area contributed by atoms with E-state index in [1.54, 1.807) is 0 Å². The maximum Gasteiger partial charge on any atom is 0.236 e. The molecule has 3 rings (SSSR count). The molecule has 21 heavy (non-hydrogen) atoms. The molecule has 1 aromatic heterocycles. The van der Waals surface area contributed by atoms with Gasteiger partial charge in [0, 0.05) is 11.3 Å². The summed E-state index contributed by atoms with van der Waals surface area (Å²) in [6.07, 6.45) is 0.314. The number of amides is 1. The summed E-state index contributed by atoms with van der Waals surface area (Å²) >= 11 is 1.38. The standard InChI is InChI=1S/C14H13N3O3S/c1-8-12(9-5-3-2-4-6-9)21-14(15-8)16-13(18)10-7-11(10)17(19)20/h2-6,10-11H,7H2,1H3,(H,15,16,18). The van der Waals surface area contributed by atoms with E-state index in [4.69, 9.17) is 0 Å². The first-order chi connectivity index (χ1) is 10.1. The molecule has 1 aromatic carbocycles. The summed E-state index contributed by atoms with van der Waals surface area (Å²) in [5.41, 5.74) is 1.88. The van der Waals surface area contributed by atoms with E-state index in [2.05, 4.69) is 10.3 Å². The number of nitro groups is 1. The van der Waals surface area contributed by atoms with Crippen LogP contribution in [0.15, 0.2) is 30.3 Å². The van der Waals surface area contributed by atoms with Crippen LogP contribution in [0, 0.1) is 23.0 Å². The van der Waals surface area contributed by atoms with Gasteiger partial charge in [-0.2, -0.15) is 0 Å². The predicted octanol–water partition coefficient (Wildman–Crippen LogP) is 2.72. The molecule has 0 spiro atoms. The molecule has 0 aliphatic heterocycles. The smallest absolute Gasteiger partial charge is 0.236 e. The minimum atomic E-state index is -0.736. The Morgan fingerprint density at radius 2 is 2.14 bits per heavy atom. The fourth-order valence-corrected chi connectivity index (χ4v) is 3.18. The molecule has 2 atom stereocenters. The van der Waals surface area contributed by atoms with Gasteiger partial charge in [-0.3, -0.25) is 14.9 Å². The van der Waals surface area contributed by atoms with Crippen LogP contribution in [-0.2, 0) is 4.79 Å². The third-order valence-corrected chi connectivity index (χ3v) is 4.55. The number of anilines is 1. The zero-order chi connectivity index (χ0) is 15.0. The normalized spacial score (nSPS) is 20.0. The van der Waals surface area contributed by atoms with Crippen molar-refractivity contribution in [1.29, 1.82) is 0 Å². The summed E-state index contributed by atoms with van der Waals surface area (Å²) in [7, 11) is 0. The second kappa shape index (κ2) is 5.25. The summed E-state index contributed by atoms with van der Waals surface area (Å²) in [6, 6.07) is 9.05. The lowest BCUT2D eigenvalue weighted by Crippen LogP contribution is -2.18. The summed E-state index contributed by atoms with van der Waals surface area (Å²) in [5.74, 6) is -0.838. The molecule has 1 aliphatic rings. The first kappa shape index (κ1) is 13.7. The van der Waals surface area contributed by atoms with Gasteiger partial charge in [-0.15, -0.1) is 0 Å². The molecule has 1 aliphatic carbocycles. The highest BCUT2D eigenvalue weighted by Gasteiger charge is 2.53. The predicted molar refractivity (Wildman–Crippen MR) is 79.8 cm³/mol. The Morgan fingerprint density at radius 1 is 1.43 bits per heavy atom. The van der Waals surface area contributed by atoms with Gasteiger partial charge < -0.3 is 5.32 Å². The van der Waals surface area contributed by atoms with E-state index in [0.717, 1.165) is 16.1 Å². The number of nitrogens with one attached hydrogen (secondary N) is 1. The number of thiazole rings is 1. The Bertz CT molecular complexity index is 699. The Hall–Kier alpha value is -2.28. The largest absolute Gasteiger partial charge is 0.301 e. The number of hydrogen-bond donors (Lipinski definition) is 1. The molecule has 2 unspecified atom stereocenters. The molecule has 1 N–H and O–H groups in total. The highest BCUT2D eigenvalue weighted by Crippen LogP contribution is 2.36. The van der Waals surface area contributed by atoms with E-state index >= 15 is 0 Å². The fourth-order valence-electron chi connectivity index (χ4n) is 2.20. The average Bonchev–Trinajstić information content (AvgIpc) is 3.19. The van der Waals surface area contributed by atoms with Gasteiger partial charge >= 0.3 is 0 Å². The van der Waals surface area contributed by atoms with Crippen molar-refractivity contribution in [3.63, 3.8) is 0 Å². The van der Waals surface area contributed by atoms with Gasteiger partial charge in [0.2, 0.25) is 11.9 Å². The van der Waals surface area contributed by atoms with E-state index in [-0.39, 0.29) is 5.91 Å². The van der Waals surface area contributed by atoms with Crippen LogP contribution in [0.25, 0.3) is 10.4 Å². The Balaban J connectivity index is 1.73. The number of nitrogens with zero attached hydrogens (tertiary/aromatic N) is 2. The Morgan fingerprint density at radius 3 is 2.76 bits per heavy atom. The molecule has 1 saturated carbocycles. The van der Waals surface area contributed by atoms with E-state index in [0.29, 0.717) is 11.6 Å². The van der Waals surface area contributed by atoms with Crippen LogP contribution in [0.4, 0.5) is 5.13 Å². The van der Waals surface area contributed by atoms with Gasteiger partial charge in [-0.1, -0.05) is 41.7 Å². The van der Waals surface area contributed by atoms with Crippen LogP contribution in [0.5, 0.6) is 0 Å². The van der Waals surface area contributed by atoms with Crippen molar-refractivity contribution in [2.75, 3.05) is 5.32 Å². The maximum absolute atomic E-state index is 11.9. The van der Waals surface area contributed by atoms with Crippen LogP contribution in [-0.4, -0.2) is 21.9 Å². The summed E-state index contributed by atoms with van der Waals surface area (Å²) in [5, 5.41) is 13.8. The molecule has 2 aromatic rings.